The number of rotatable bonds is 4. The highest BCUT2D eigenvalue weighted by Gasteiger charge is 2.25. The molecule has 0 aliphatic heterocycles. The van der Waals surface area contributed by atoms with Crippen molar-refractivity contribution in [1.29, 1.82) is 0 Å². The van der Waals surface area contributed by atoms with Crippen LogP contribution >= 0.6 is 11.6 Å². The van der Waals surface area contributed by atoms with Crippen LogP contribution in [-0.2, 0) is 14.8 Å². The van der Waals surface area contributed by atoms with Crippen molar-refractivity contribution in [3.05, 3.63) is 28.8 Å². The lowest BCUT2D eigenvalue weighted by molar-refractivity contribution is 0.0600. The molecule has 3 N–H and O–H groups in total. The van der Waals surface area contributed by atoms with E-state index < -0.39 is 16.0 Å². The van der Waals surface area contributed by atoms with E-state index in [0.717, 1.165) is 12.8 Å². The minimum absolute atomic E-state index is 0.0460. The van der Waals surface area contributed by atoms with Crippen LogP contribution in [0, 0.1) is 0 Å². The van der Waals surface area contributed by atoms with Gasteiger partial charge in [-0.3, -0.25) is 0 Å². The fourth-order valence-corrected chi connectivity index (χ4v) is 4.15. The van der Waals surface area contributed by atoms with E-state index in [0.29, 0.717) is 12.8 Å². The van der Waals surface area contributed by atoms with Gasteiger partial charge in [-0.1, -0.05) is 11.6 Å². The largest absolute Gasteiger partial charge is 0.465 e. The fraction of sp³-hybridized carbons (Fsp3) is 0.500. The molecule has 8 heteroatoms. The molecule has 1 aromatic rings. The summed E-state index contributed by atoms with van der Waals surface area (Å²) in [7, 11) is -2.52. The number of halogens is 1. The zero-order valence-electron chi connectivity index (χ0n) is 12.2. The van der Waals surface area contributed by atoms with Crippen molar-refractivity contribution in [1.82, 2.24) is 4.72 Å². The molecule has 1 saturated carbocycles. The van der Waals surface area contributed by atoms with Gasteiger partial charge >= 0.3 is 5.97 Å². The molecule has 6 nitrogen and oxygen atoms in total. The second kappa shape index (κ2) is 6.95. The van der Waals surface area contributed by atoms with Crippen LogP contribution < -0.4 is 10.5 Å². The van der Waals surface area contributed by atoms with Crippen LogP contribution in [0.5, 0.6) is 0 Å². The van der Waals surface area contributed by atoms with Crippen LogP contribution in [0.25, 0.3) is 0 Å². The summed E-state index contributed by atoms with van der Waals surface area (Å²) in [6, 6.07) is 3.93. The molecule has 2 rings (SSSR count). The summed E-state index contributed by atoms with van der Waals surface area (Å²) in [6.45, 7) is 0. The lowest BCUT2D eigenvalue weighted by Crippen LogP contribution is -2.40. The SMILES string of the molecule is COC(=O)c1cc(Cl)cc(S(=O)(=O)NC2CCC(N)CC2)c1. The molecule has 0 atom stereocenters. The molecule has 1 fully saturated rings. The first-order chi connectivity index (χ1) is 10.3. The number of benzene rings is 1. The maximum Gasteiger partial charge on any atom is 0.337 e. The Hall–Kier alpha value is -1.15. The van der Waals surface area contributed by atoms with Gasteiger partial charge in [0.05, 0.1) is 17.6 Å². The predicted octanol–water partition coefficient (Wildman–Crippen LogP) is 1.67. The molecule has 0 radical (unpaired) electrons. The zero-order valence-corrected chi connectivity index (χ0v) is 13.8. The van der Waals surface area contributed by atoms with Crippen LogP contribution in [0.1, 0.15) is 36.0 Å². The number of hydrogen-bond acceptors (Lipinski definition) is 5. The quantitative estimate of drug-likeness (QED) is 0.808. The third-order valence-electron chi connectivity index (χ3n) is 3.70. The first-order valence-corrected chi connectivity index (χ1v) is 8.85. The average Bonchev–Trinajstić information content (AvgIpc) is 2.48. The molecule has 0 heterocycles. The van der Waals surface area contributed by atoms with Crippen LogP contribution in [-0.4, -0.2) is 33.6 Å². The molecular weight excluding hydrogens is 328 g/mol. The van der Waals surface area contributed by atoms with Crippen molar-refractivity contribution in [3.63, 3.8) is 0 Å². The Morgan fingerprint density at radius 3 is 2.50 bits per heavy atom. The molecule has 0 spiro atoms. The molecule has 1 aromatic carbocycles. The fourth-order valence-electron chi connectivity index (χ4n) is 2.48. The van der Waals surface area contributed by atoms with Crippen molar-refractivity contribution >= 4 is 27.6 Å². The van der Waals surface area contributed by atoms with Gasteiger partial charge in [0, 0.05) is 17.1 Å². The van der Waals surface area contributed by atoms with Gasteiger partial charge in [-0.05, 0) is 43.9 Å². The maximum absolute atomic E-state index is 12.4. The van der Waals surface area contributed by atoms with Gasteiger partial charge in [0.15, 0.2) is 0 Å². The molecule has 1 aliphatic rings. The van der Waals surface area contributed by atoms with E-state index in [1.807, 2.05) is 0 Å². The van der Waals surface area contributed by atoms with Crippen LogP contribution in [0.4, 0.5) is 0 Å². The van der Waals surface area contributed by atoms with Crippen molar-refractivity contribution in [2.24, 2.45) is 5.73 Å². The number of carbonyl (C=O) groups is 1. The molecule has 1 aliphatic carbocycles. The number of nitrogens with two attached hydrogens (primary N) is 1. The van der Waals surface area contributed by atoms with Gasteiger partial charge in [-0.2, -0.15) is 0 Å². The summed E-state index contributed by atoms with van der Waals surface area (Å²) < 4.78 is 32.1. The van der Waals surface area contributed by atoms with Gasteiger partial charge < -0.3 is 10.5 Å². The van der Waals surface area contributed by atoms with Crippen molar-refractivity contribution < 1.29 is 17.9 Å². The Bertz CT molecular complexity index is 655. The number of hydrogen-bond donors (Lipinski definition) is 2. The molecule has 0 aromatic heterocycles. The molecule has 0 unspecified atom stereocenters. The van der Waals surface area contributed by atoms with Gasteiger partial charge in [-0.25, -0.2) is 17.9 Å². The molecule has 0 saturated heterocycles. The number of methoxy groups -OCH3 is 1. The van der Waals surface area contributed by atoms with Crippen LogP contribution in [0.15, 0.2) is 23.1 Å². The second-order valence-electron chi connectivity index (χ2n) is 5.40. The molecule has 0 amide bonds. The lowest BCUT2D eigenvalue weighted by Gasteiger charge is -2.26. The number of sulfonamides is 1. The minimum atomic E-state index is -3.75. The zero-order chi connectivity index (χ0) is 16.3. The normalized spacial score (nSPS) is 22.3. The Morgan fingerprint density at radius 2 is 1.91 bits per heavy atom. The average molecular weight is 347 g/mol. The van der Waals surface area contributed by atoms with E-state index >= 15 is 0 Å². The monoisotopic (exact) mass is 346 g/mol. The Kier molecular flexibility index (Phi) is 5.44. The highest BCUT2D eigenvalue weighted by molar-refractivity contribution is 7.89. The van der Waals surface area contributed by atoms with E-state index in [2.05, 4.69) is 9.46 Å². The van der Waals surface area contributed by atoms with Gasteiger partial charge in [0.2, 0.25) is 10.0 Å². The summed E-state index contributed by atoms with van der Waals surface area (Å²) in [5.74, 6) is -0.636. The van der Waals surface area contributed by atoms with Gasteiger partial charge in [0.25, 0.3) is 0 Å². The summed E-state index contributed by atoms with van der Waals surface area (Å²) in [4.78, 5) is 11.5. The number of carbonyl (C=O) groups excluding carboxylic acids is 1. The predicted molar refractivity (Wildman–Crippen MR) is 83.3 cm³/mol. The topological polar surface area (TPSA) is 98.5 Å². The molecular formula is C14H19ClN2O4S. The van der Waals surface area contributed by atoms with E-state index in [1.165, 1.54) is 25.3 Å². The van der Waals surface area contributed by atoms with Crippen LogP contribution in [0.3, 0.4) is 0 Å². The van der Waals surface area contributed by atoms with E-state index in [4.69, 9.17) is 17.3 Å². The molecule has 0 bridgehead atoms. The summed E-state index contributed by atoms with van der Waals surface area (Å²) >= 11 is 5.90. The maximum atomic E-state index is 12.4. The lowest BCUT2D eigenvalue weighted by atomic mass is 9.93. The van der Waals surface area contributed by atoms with E-state index in [-0.39, 0.29) is 27.6 Å². The number of esters is 1. The minimum Gasteiger partial charge on any atom is -0.465 e. The van der Waals surface area contributed by atoms with Crippen LogP contribution in [0.2, 0.25) is 5.02 Å². The van der Waals surface area contributed by atoms with Crippen molar-refractivity contribution in [2.45, 2.75) is 42.7 Å². The first-order valence-electron chi connectivity index (χ1n) is 6.98. The smallest absolute Gasteiger partial charge is 0.337 e. The Balaban J connectivity index is 2.22. The first kappa shape index (κ1) is 17.2. The Labute approximate surface area is 135 Å². The number of ether oxygens (including phenoxy) is 1. The highest BCUT2D eigenvalue weighted by atomic mass is 35.5. The highest BCUT2D eigenvalue weighted by Crippen LogP contribution is 2.23. The molecule has 22 heavy (non-hydrogen) atoms. The summed E-state index contributed by atoms with van der Waals surface area (Å²) in [6.07, 6.45) is 2.97. The van der Waals surface area contributed by atoms with Gasteiger partial charge in [-0.15, -0.1) is 0 Å². The second-order valence-corrected chi connectivity index (χ2v) is 7.55. The summed E-state index contributed by atoms with van der Waals surface area (Å²) in [5, 5.41) is 0.161. The van der Waals surface area contributed by atoms with Gasteiger partial charge in [0.1, 0.15) is 0 Å². The Morgan fingerprint density at radius 1 is 1.27 bits per heavy atom. The molecule has 122 valence electrons. The summed E-state index contributed by atoms with van der Waals surface area (Å²) in [5.41, 5.74) is 5.91. The van der Waals surface area contributed by atoms with E-state index in [1.54, 1.807) is 0 Å². The number of nitrogens with one attached hydrogen (secondary N) is 1. The third kappa shape index (κ3) is 4.19. The van der Waals surface area contributed by atoms with E-state index in [9.17, 15) is 13.2 Å². The third-order valence-corrected chi connectivity index (χ3v) is 5.41. The van der Waals surface area contributed by atoms with Crippen molar-refractivity contribution in [3.8, 4) is 0 Å². The standard InChI is InChI=1S/C14H19ClN2O4S/c1-21-14(18)9-6-10(15)8-13(7-9)22(19,20)17-12-4-2-11(16)3-5-12/h6-8,11-12,17H,2-5,16H2,1H3. The van der Waals surface area contributed by atoms with Crippen molar-refractivity contribution in [2.75, 3.05) is 7.11 Å².